The molecule has 1 aromatic heterocycles. The third-order valence-electron chi connectivity index (χ3n) is 1.85. The van der Waals surface area contributed by atoms with Crippen LogP contribution in [-0.4, -0.2) is 12.1 Å². The van der Waals surface area contributed by atoms with Gasteiger partial charge < -0.3 is 4.74 Å². The Morgan fingerprint density at radius 2 is 2.15 bits per heavy atom. The predicted molar refractivity (Wildman–Crippen MR) is 56.0 cm³/mol. The van der Waals surface area contributed by atoms with Gasteiger partial charge in [-0.05, 0) is 24.3 Å². The Bertz CT molecular complexity index is 442. The summed E-state index contributed by atoms with van der Waals surface area (Å²) in [5.74, 6) is 0.783. The molecule has 0 bridgehead atoms. The van der Waals surface area contributed by atoms with E-state index < -0.39 is 0 Å². The van der Waals surface area contributed by atoms with Gasteiger partial charge in [0.2, 0.25) is 0 Å². The molecule has 1 aromatic carbocycles. The van der Waals surface area contributed by atoms with E-state index in [9.17, 15) is 0 Å². The summed E-state index contributed by atoms with van der Waals surface area (Å²) in [5, 5.41) is 1.08. The molecule has 66 valence electrons. The summed E-state index contributed by atoms with van der Waals surface area (Å²) in [5.41, 5.74) is 0.976. The van der Waals surface area contributed by atoms with E-state index in [4.69, 9.17) is 4.74 Å². The first-order valence-electron chi connectivity index (χ1n) is 3.89. The zero-order valence-corrected chi connectivity index (χ0v) is 8.71. The number of hydrogen-bond donors (Lipinski definition) is 0. The molecule has 0 saturated carbocycles. The Kier molecular flexibility index (Phi) is 2.19. The van der Waals surface area contributed by atoms with Gasteiger partial charge in [0.1, 0.15) is 5.75 Å². The molecule has 0 N–H and O–H groups in total. The molecule has 0 amide bonds. The van der Waals surface area contributed by atoms with Crippen molar-refractivity contribution in [3.8, 4) is 5.75 Å². The molecule has 0 aliphatic carbocycles. The molecule has 0 atom stereocenters. The van der Waals surface area contributed by atoms with Gasteiger partial charge in [-0.15, -0.1) is 0 Å². The molecule has 3 heteroatoms. The van der Waals surface area contributed by atoms with E-state index in [0.29, 0.717) is 0 Å². The quantitative estimate of drug-likeness (QED) is 0.761. The van der Waals surface area contributed by atoms with Crippen LogP contribution in [0.3, 0.4) is 0 Å². The minimum Gasteiger partial charge on any atom is -0.495 e. The van der Waals surface area contributed by atoms with E-state index in [2.05, 4.69) is 20.9 Å². The van der Waals surface area contributed by atoms with Gasteiger partial charge in [-0.1, -0.05) is 15.9 Å². The average Bonchev–Trinajstić information content (AvgIpc) is 2.16. The topological polar surface area (TPSA) is 22.1 Å². The van der Waals surface area contributed by atoms with Crippen LogP contribution in [0, 0.1) is 0 Å². The van der Waals surface area contributed by atoms with Gasteiger partial charge in [-0.3, -0.25) is 4.98 Å². The Labute approximate surface area is 84.7 Å². The number of ether oxygens (including phenoxy) is 1. The number of aromatic nitrogens is 1. The first-order valence-corrected chi connectivity index (χ1v) is 4.68. The zero-order chi connectivity index (χ0) is 9.26. The summed E-state index contributed by atoms with van der Waals surface area (Å²) in [6, 6.07) is 7.93. The molecule has 2 aromatic rings. The fraction of sp³-hybridized carbons (Fsp3) is 0.100. The summed E-state index contributed by atoms with van der Waals surface area (Å²) >= 11 is 3.41. The van der Waals surface area contributed by atoms with E-state index in [1.54, 1.807) is 13.3 Å². The van der Waals surface area contributed by atoms with Gasteiger partial charge in [-0.25, -0.2) is 0 Å². The summed E-state index contributed by atoms with van der Waals surface area (Å²) in [6.07, 6.45) is 1.72. The second-order valence-electron chi connectivity index (χ2n) is 2.71. The van der Waals surface area contributed by atoms with E-state index in [1.165, 1.54) is 0 Å². The number of halogens is 1. The van der Waals surface area contributed by atoms with Crippen LogP contribution in [0.2, 0.25) is 0 Å². The summed E-state index contributed by atoms with van der Waals surface area (Å²) < 4.78 is 6.14. The zero-order valence-electron chi connectivity index (χ0n) is 7.12. The van der Waals surface area contributed by atoms with Crippen molar-refractivity contribution in [2.75, 3.05) is 7.11 Å². The van der Waals surface area contributed by atoms with Crippen LogP contribution in [0.25, 0.3) is 10.9 Å². The molecule has 0 saturated heterocycles. The van der Waals surface area contributed by atoms with E-state index in [-0.39, 0.29) is 0 Å². The van der Waals surface area contributed by atoms with Crippen LogP contribution >= 0.6 is 15.9 Å². The van der Waals surface area contributed by atoms with Gasteiger partial charge in [-0.2, -0.15) is 0 Å². The maximum Gasteiger partial charge on any atom is 0.137 e. The number of rotatable bonds is 1. The molecule has 0 aliphatic rings. The molecule has 1 heterocycles. The number of nitrogens with zero attached hydrogens (tertiary/aromatic N) is 1. The SMILES string of the molecule is COc1cnc2ccc(Br)cc2c1. The standard InChI is InChI=1S/C10H8BrNO/c1-13-9-5-7-4-8(11)2-3-10(7)12-6-9/h2-6H,1H3. The first kappa shape index (κ1) is 8.51. The summed E-state index contributed by atoms with van der Waals surface area (Å²) in [4.78, 5) is 4.25. The van der Waals surface area contributed by atoms with Gasteiger partial charge in [0.25, 0.3) is 0 Å². The molecule has 2 nitrogen and oxygen atoms in total. The number of benzene rings is 1. The van der Waals surface area contributed by atoms with Gasteiger partial charge >= 0.3 is 0 Å². The van der Waals surface area contributed by atoms with Crippen molar-refractivity contribution >= 4 is 26.8 Å². The van der Waals surface area contributed by atoms with E-state index in [0.717, 1.165) is 21.1 Å². The van der Waals surface area contributed by atoms with Gasteiger partial charge in [0.05, 0.1) is 18.8 Å². The monoisotopic (exact) mass is 237 g/mol. The van der Waals surface area contributed by atoms with Crippen molar-refractivity contribution in [1.29, 1.82) is 0 Å². The van der Waals surface area contributed by atoms with Crippen LogP contribution in [-0.2, 0) is 0 Å². The third kappa shape index (κ3) is 1.65. The lowest BCUT2D eigenvalue weighted by atomic mass is 10.2. The highest BCUT2D eigenvalue weighted by Crippen LogP contribution is 2.21. The second kappa shape index (κ2) is 3.34. The second-order valence-corrected chi connectivity index (χ2v) is 3.63. The van der Waals surface area contributed by atoms with Gasteiger partial charge in [0.15, 0.2) is 0 Å². The van der Waals surface area contributed by atoms with Crippen molar-refractivity contribution in [2.24, 2.45) is 0 Å². The molecule has 0 spiro atoms. The third-order valence-corrected chi connectivity index (χ3v) is 2.35. The molecular weight excluding hydrogens is 230 g/mol. The lowest BCUT2D eigenvalue weighted by Gasteiger charge is -2.01. The Morgan fingerprint density at radius 3 is 2.92 bits per heavy atom. The van der Waals surface area contributed by atoms with Crippen molar-refractivity contribution in [3.63, 3.8) is 0 Å². The molecule has 0 unspecified atom stereocenters. The largest absolute Gasteiger partial charge is 0.495 e. The van der Waals surface area contributed by atoms with E-state index in [1.807, 2.05) is 24.3 Å². The van der Waals surface area contributed by atoms with Crippen molar-refractivity contribution in [2.45, 2.75) is 0 Å². The van der Waals surface area contributed by atoms with Crippen molar-refractivity contribution in [1.82, 2.24) is 4.98 Å². The summed E-state index contributed by atoms with van der Waals surface area (Å²) in [6.45, 7) is 0. The fourth-order valence-corrected chi connectivity index (χ4v) is 1.57. The Morgan fingerprint density at radius 1 is 1.31 bits per heavy atom. The van der Waals surface area contributed by atoms with Crippen molar-refractivity contribution < 1.29 is 4.74 Å². The first-order chi connectivity index (χ1) is 6.29. The minimum atomic E-state index is 0.783. The molecule has 2 rings (SSSR count). The molecule has 13 heavy (non-hydrogen) atoms. The lowest BCUT2D eigenvalue weighted by molar-refractivity contribution is 0.414. The lowest BCUT2D eigenvalue weighted by Crippen LogP contribution is -1.85. The normalized spacial score (nSPS) is 10.3. The highest BCUT2D eigenvalue weighted by molar-refractivity contribution is 9.10. The minimum absolute atomic E-state index is 0.783. The Balaban J connectivity index is 2.68. The van der Waals surface area contributed by atoms with Crippen LogP contribution in [0.15, 0.2) is 34.9 Å². The van der Waals surface area contributed by atoms with Crippen LogP contribution in [0.4, 0.5) is 0 Å². The smallest absolute Gasteiger partial charge is 0.137 e. The highest BCUT2D eigenvalue weighted by Gasteiger charge is 1.97. The van der Waals surface area contributed by atoms with Crippen LogP contribution in [0.1, 0.15) is 0 Å². The fourth-order valence-electron chi connectivity index (χ4n) is 1.19. The maximum absolute atomic E-state index is 5.08. The molecule has 0 fully saturated rings. The predicted octanol–water partition coefficient (Wildman–Crippen LogP) is 3.01. The van der Waals surface area contributed by atoms with Crippen LogP contribution < -0.4 is 4.74 Å². The number of fused-ring (bicyclic) bond motifs is 1. The maximum atomic E-state index is 5.08. The molecule has 0 aliphatic heterocycles. The highest BCUT2D eigenvalue weighted by atomic mass is 79.9. The average molecular weight is 238 g/mol. The number of pyridine rings is 1. The van der Waals surface area contributed by atoms with E-state index >= 15 is 0 Å². The number of hydrogen-bond acceptors (Lipinski definition) is 2. The molecule has 0 radical (unpaired) electrons. The van der Waals surface area contributed by atoms with Crippen molar-refractivity contribution in [3.05, 3.63) is 34.9 Å². The molecular formula is C10H8BrNO. The number of methoxy groups -OCH3 is 1. The summed E-state index contributed by atoms with van der Waals surface area (Å²) in [7, 11) is 1.64. The Hall–Kier alpha value is -1.09. The van der Waals surface area contributed by atoms with Crippen LogP contribution in [0.5, 0.6) is 5.75 Å². The van der Waals surface area contributed by atoms with Gasteiger partial charge in [0, 0.05) is 9.86 Å².